The number of amides is 1. The van der Waals surface area contributed by atoms with Crippen LogP contribution < -0.4 is 5.32 Å². The van der Waals surface area contributed by atoms with Crippen LogP contribution in [-0.4, -0.2) is 47.8 Å². The maximum atomic E-state index is 12.3. The molecule has 0 radical (unpaired) electrons. The smallest absolute Gasteiger partial charge is 0.253 e. The third-order valence-electron chi connectivity index (χ3n) is 5.09. The van der Waals surface area contributed by atoms with Crippen LogP contribution >= 0.6 is 0 Å². The van der Waals surface area contributed by atoms with Crippen LogP contribution in [0, 0.1) is 5.92 Å². The van der Waals surface area contributed by atoms with Crippen LogP contribution in [0.25, 0.3) is 0 Å². The zero-order valence-corrected chi connectivity index (χ0v) is 14.4. The molecular weight excluding hydrogens is 304 g/mol. The maximum Gasteiger partial charge on any atom is 0.253 e. The number of hydrogen-bond acceptors (Lipinski definition) is 4. The number of aliphatic hydroxyl groups excluding tert-OH is 1. The van der Waals surface area contributed by atoms with Gasteiger partial charge in [-0.2, -0.15) is 0 Å². The Morgan fingerprint density at radius 1 is 1.29 bits per heavy atom. The van der Waals surface area contributed by atoms with Gasteiger partial charge in [-0.25, -0.2) is 0 Å². The number of rotatable bonds is 5. The first kappa shape index (κ1) is 17.4. The molecule has 0 spiro atoms. The first-order valence-corrected chi connectivity index (χ1v) is 9.02. The minimum Gasteiger partial charge on any atom is -0.396 e. The minimum atomic E-state index is -0.318. The summed E-state index contributed by atoms with van der Waals surface area (Å²) in [7, 11) is 0. The molecule has 1 aromatic rings. The molecule has 2 aliphatic heterocycles. The van der Waals surface area contributed by atoms with Crippen LogP contribution in [0.5, 0.6) is 0 Å². The Hall–Kier alpha value is -1.43. The van der Waals surface area contributed by atoms with E-state index in [4.69, 9.17) is 4.74 Å². The van der Waals surface area contributed by atoms with Crippen LogP contribution in [-0.2, 0) is 16.1 Å². The number of carbonyl (C=O) groups excluding carboxylic acids is 1. The lowest BCUT2D eigenvalue weighted by atomic mass is 9.97. The van der Waals surface area contributed by atoms with Crippen molar-refractivity contribution in [3.8, 4) is 0 Å². The quantitative estimate of drug-likeness (QED) is 0.869. The monoisotopic (exact) mass is 332 g/mol. The number of likely N-dealkylation sites (tertiary alicyclic amines) is 1. The summed E-state index contributed by atoms with van der Waals surface area (Å²) in [6.45, 7) is 5.25. The zero-order valence-electron chi connectivity index (χ0n) is 14.4. The predicted octanol–water partition coefficient (Wildman–Crippen LogP) is 2.40. The Bertz CT molecular complexity index is 555. The van der Waals surface area contributed by atoms with E-state index in [1.165, 1.54) is 5.56 Å². The highest BCUT2D eigenvalue weighted by Crippen LogP contribution is 2.22. The summed E-state index contributed by atoms with van der Waals surface area (Å²) in [6, 6.07) is 8.07. The zero-order chi connectivity index (χ0) is 16.9. The van der Waals surface area contributed by atoms with E-state index >= 15 is 0 Å². The van der Waals surface area contributed by atoms with E-state index in [0.29, 0.717) is 12.5 Å². The Morgan fingerprint density at radius 3 is 2.75 bits per heavy atom. The lowest BCUT2D eigenvalue weighted by Crippen LogP contribution is -2.34. The molecule has 2 aliphatic rings. The summed E-state index contributed by atoms with van der Waals surface area (Å²) >= 11 is 0. The molecule has 2 fully saturated rings. The summed E-state index contributed by atoms with van der Waals surface area (Å²) < 4.78 is 5.63. The third-order valence-corrected chi connectivity index (χ3v) is 5.09. The molecule has 2 saturated heterocycles. The topological polar surface area (TPSA) is 61.8 Å². The number of benzene rings is 1. The number of aliphatic hydroxyl groups is 1. The lowest BCUT2D eigenvalue weighted by Gasteiger charge is -2.31. The van der Waals surface area contributed by atoms with Crippen molar-refractivity contribution in [2.75, 3.05) is 25.0 Å². The van der Waals surface area contributed by atoms with Crippen molar-refractivity contribution in [2.24, 2.45) is 5.92 Å². The molecule has 5 nitrogen and oxygen atoms in total. The first-order chi connectivity index (χ1) is 11.6. The van der Waals surface area contributed by atoms with E-state index in [1.54, 1.807) is 0 Å². The van der Waals surface area contributed by atoms with Crippen LogP contribution in [0.3, 0.4) is 0 Å². The normalized spacial score (nSPS) is 25.8. The average molecular weight is 332 g/mol. The van der Waals surface area contributed by atoms with Crippen molar-refractivity contribution < 1.29 is 14.6 Å². The van der Waals surface area contributed by atoms with Gasteiger partial charge in [-0.1, -0.05) is 12.1 Å². The van der Waals surface area contributed by atoms with Crippen molar-refractivity contribution in [3.63, 3.8) is 0 Å². The Morgan fingerprint density at radius 2 is 2.08 bits per heavy atom. The predicted molar refractivity (Wildman–Crippen MR) is 93.7 cm³/mol. The van der Waals surface area contributed by atoms with E-state index in [1.807, 2.05) is 19.1 Å². The summed E-state index contributed by atoms with van der Waals surface area (Å²) in [4.78, 5) is 14.7. The van der Waals surface area contributed by atoms with Crippen LogP contribution in [0.15, 0.2) is 24.3 Å². The van der Waals surface area contributed by atoms with E-state index in [9.17, 15) is 9.90 Å². The van der Waals surface area contributed by atoms with Gasteiger partial charge in [-0.05, 0) is 69.3 Å². The summed E-state index contributed by atoms with van der Waals surface area (Å²) in [5.74, 6) is 0.418. The second-order valence-corrected chi connectivity index (χ2v) is 7.10. The van der Waals surface area contributed by atoms with E-state index in [0.717, 1.165) is 51.0 Å². The molecule has 1 aromatic carbocycles. The van der Waals surface area contributed by atoms with Gasteiger partial charge in [0.15, 0.2) is 0 Å². The van der Waals surface area contributed by atoms with Gasteiger partial charge in [0.25, 0.3) is 5.91 Å². The van der Waals surface area contributed by atoms with Crippen LogP contribution in [0.1, 0.15) is 38.2 Å². The molecule has 0 aromatic heterocycles. The SMILES string of the molecule is CC1CCC(C(=O)Nc2cccc(CN3CCC(CO)CC3)c2)O1. The second-order valence-electron chi connectivity index (χ2n) is 7.10. The second kappa shape index (κ2) is 8.10. The first-order valence-electron chi connectivity index (χ1n) is 9.02. The number of anilines is 1. The molecule has 24 heavy (non-hydrogen) atoms. The number of ether oxygens (including phenoxy) is 1. The highest BCUT2D eigenvalue weighted by Gasteiger charge is 2.28. The highest BCUT2D eigenvalue weighted by molar-refractivity contribution is 5.94. The number of nitrogens with one attached hydrogen (secondary N) is 1. The van der Waals surface area contributed by atoms with Gasteiger partial charge < -0.3 is 15.2 Å². The molecule has 2 N–H and O–H groups in total. The average Bonchev–Trinajstić information content (AvgIpc) is 3.02. The molecule has 0 bridgehead atoms. The van der Waals surface area contributed by atoms with Gasteiger partial charge in [0, 0.05) is 18.8 Å². The van der Waals surface area contributed by atoms with Crippen molar-refractivity contribution in [1.29, 1.82) is 0 Å². The van der Waals surface area contributed by atoms with Crippen molar-refractivity contribution in [3.05, 3.63) is 29.8 Å². The van der Waals surface area contributed by atoms with Gasteiger partial charge in [-0.3, -0.25) is 9.69 Å². The lowest BCUT2D eigenvalue weighted by molar-refractivity contribution is -0.126. The Labute approximate surface area is 144 Å². The molecule has 0 aliphatic carbocycles. The highest BCUT2D eigenvalue weighted by atomic mass is 16.5. The minimum absolute atomic E-state index is 0.0414. The third kappa shape index (κ3) is 4.56. The van der Waals surface area contributed by atoms with Crippen molar-refractivity contribution in [2.45, 2.75) is 51.4 Å². The van der Waals surface area contributed by atoms with Crippen LogP contribution in [0.2, 0.25) is 0 Å². The van der Waals surface area contributed by atoms with Gasteiger partial charge in [-0.15, -0.1) is 0 Å². The van der Waals surface area contributed by atoms with E-state index < -0.39 is 0 Å². The van der Waals surface area contributed by atoms with Gasteiger partial charge in [0.2, 0.25) is 0 Å². The number of hydrogen-bond donors (Lipinski definition) is 2. The van der Waals surface area contributed by atoms with Gasteiger partial charge in [0.1, 0.15) is 6.10 Å². The largest absolute Gasteiger partial charge is 0.396 e. The fraction of sp³-hybridized carbons (Fsp3) is 0.632. The standard InChI is InChI=1S/C19H28N2O3/c1-14-5-6-18(24-14)19(23)20-17-4-2-3-16(11-17)12-21-9-7-15(13-22)8-10-21/h2-4,11,14-15,18,22H,5-10,12-13H2,1H3,(H,20,23). The van der Waals surface area contributed by atoms with Crippen LogP contribution in [0.4, 0.5) is 5.69 Å². The fourth-order valence-corrected chi connectivity index (χ4v) is 3.55. The molecule has 2 heterocycles. The number of carbonyl (C=O) groups is 1. The molecule has 5 heteroatoms. The van der Waals surface area contributed by atoms with Crippen molar-refractivity contribution >= 4 is 11.6 Å². The molecule has 1 amide bonds. The van der Waals surface area contributed by atoms with Crippen molar-refractivity contribution in [1.82, 2.24) is 4.90 Å². The number of piperidine rings is 1. The van der Waals surface area contributed by atoms with Gasteiger partial charge >= 0.3 is 0 Å². The van der Waals surface area contributed by atoms with E-state index in [2.05, 4.69) is 22.3 Å². The summed E-state index contributed by atoms with van der Waals surface area (Å²) in [6.07, 6.45) is 3.72. The molecule has 2 unspecified atom stereocenters. The molecule has 2 atom stereocenters. The van der Waals surface area contributed by atoms with Gasteiger partial charge in [0.05, 0.1) is 6.10 Å². The Kier molecular flexibility index (Phi) is 5.87. The molecule has 0 saturated carbocycles. The maximum absolute atomic E-state index is 12.3. The van der Waals surface area contributed by atoms with E-state index in [-0.39, 0.29) is 18.1 Å². The molecular formula is C19H28N2O3. The Balaban J connectivity index is 1.53. The molecule has 3 rings (SSSR count). The summed E-state index contributed by atoms with van der Waals surface area (Å²) in [5, 5.41) is 12.2. The molecule has 132 valence electrons. The fourth-order valence-electron chi connectivity index (χ4n) is 3.55. The summed E-state index contributed by atoms with van der Waals surface area (Å²) in [5.41, 5.74) is 2.04. The number of nitrogens with zero attached hydrogens (tertiary/aromatic N) is 1.